The Morgan fingerprint density at radius 2 is 1.86 bits per heavy atom. The fourth-order valence-electron chi connectivity index (χ4n) is 3.35. The summed E-state index contributed by atoms with van der Waals surface area (Å²) in [5.41, 5.74) is -0.774. The molecule has 0 bridgehead atoms. The third kappa shape index (κ3) is 3.89. The minimum atomic E-state index is -0.776. The predicted octanol–water partition coefficient (Wildman–Crippen LogP) is 2.76. The zero-order valence-corrected chi connectivity index (χ0v) is 13.2. The molecule has 0 saturated heterocycles. The van der Waals surface area contributed by atoms with Gasteiger partial charge in [-0.15, -0.1) is 0 Å². The molecule has 2 amide bonds. The van der Waals surface area contributed by atoms with E-state index in [1.54, 1.807) is 0 Å². The summed E-state index contributed by atoms with van der Waals surface area (Å²) in [7, 11) is 0. The van der Waals surface area contributed by atoms with E-state index in [-0.39, 0.29) is 18.6 Å². The molecule has 0 aliphatic heterocycles. The maximum absolute atomic E-state index is 12.0. The van der Waals surface area contributed by atoms with Gasteiger partial charge in [-0.05, 0) is 57.3 Å². The van der Waals surface area contributed by atoms with E-state index in [1.165, 1.54) is 19.3 Å². The lowest BCUT2D eigenvalue weighted by atomic mass is 9.71. The molecule has 2 rings (SSSR count). The van der Waals surface area contributed by atoms with E-state index >= 15 is 0 Å². The van der Waals surface area contributed by atoms with Gasteiger partial charge in [0.2, 0.25) is 0 Å². The van der Waals surface area contributed by atoms with Crippen LogP contribution in [0.2, 0.25) is 0 Å². The summed E-state index contributed by atoms with van der Waals surface area (Å²) >= 11 is 0. The van der Waals surface area contributed by atoms with Crippen LogP contribution >= 0.6 is 0 Å². The second-order valence-corrected chi connectivity index (χ2v) is 7.07. The molecule has 0 spiro atoms. The van der Waals surface area contributed by atoms with Crippen LogP contribution in [-0.2, 0) is 4.79 Å². The van der Waals surface area contributed by atoms with Gasteiger partial charge in [0.05, 0.1) is 5.41 Å². The van der Waals surface area contributed by atoms with Crippen LogP contribution in [0.1, 0.15) is 58.8 Å². The minimum absolute atomic E-state index is 0.172. The fourth-order valence-corrected chi connectivity index (χ4v) is 3.35. The summed E-state index contributed by atoms with van der Waals surface area (Å²) in [6.45, 7) is 4.42. The maximum Gasteiger partial charge on any atom is 0.315 e. The van der Waals surface area contributed by atoms with Crippen molar-refractivity contribution in [2.75, 3.05) is 6.54 Å². The summed E-state index contributed by atoms with van der Waals surface area (Å²) < 4.78 is 0. The molecule has 21 heavy (non-hydrogen) atoms. The first-order valence-corrected chi connectivity index (χ1v) is 8.21. The first-order valence-electron chi connectivity index (χ1n) is 8.21. The van der Waals surface area contributed by atoms with Gasteiger partial charge in [0.1, 0.15) is 0 Å². The van der Waals surface area contributed by atoms with Crippen molar-refractivity contribution in [1.29, 1.82) is 0 Å². The third-order valence-corrected chi connectivity index (χ3v) is 5.49. The number of hydrogen-bond acceptors (Lipinski definition) is 2. The molecule has 0 aromatic heterocycles. The van der Waals surface area contributed by atoms with Gasteiger partial charge >= 0.3 is 12.0 Å². The molecule has 0 aromatic rings. The SMILES string of the molecule is CC1CCC(CNC(=O)NC(C)C2CCC2)(C(=O)O)CC1. The standard InChI is InChI=1S/C16H28N2O3/c1-11-6-8-16(9-7-11,14(19)20)10-17-15(21)18-12(2)13-4-3-5-13/h11-13H,3-10H2,1-2H3,(H,19,20)(H2,17,18,21). The third-order valence-electron chi connectivity index (χ3n) is 5.49. The average molecular weight is 296 g/mol. The molecule has 5 nitrogen and oxygen atoms in total. The second-order valence-electron chi connectivity index (χ2n) is 7.07. The lowest BCUT2D eigenvalue weighted by molar-refractivity contribution is -0.151. The Morgan fingerprint density at radius 1 is 1.24 bits per heavy atom. The van der Waals surface area contributed by atoms with E-state index in [4.69, 9.17) is 0 Å². The number of amides is 2. The Morgan fingerprint density at radius 3 is 2.33 bits per heavy atom. The quantitative estimate of drug-likeness (QED) is 0.730. The molecule has 2 saturated carbocycles. The maximum atomic E-state index is 12.0. The number of carboxylic acids is 1. The van der Waals surface area contributed by atoms with Gasteiger partial charge in [-0.3, -0.25) is 4.79 Å². The fraction of sp³-hybridized carbons (Fsp3) is 0.875. The number of carboxylic acid groups (broad SMARTS) is 1. The number of urea groups is 1. The van der Waals surface area contributed by atoms with Crippen molar-refractivity contribution in [3.63, 3.8) is 0 Å². The molecule has 1 atom stereocenters. The Hall–Kier alpha value is -1.26. The molecule has 3 N–H and O–H groups in total. The second kappa shape index (κ2) is 6.67. The lowest BCUT2D eigenvalue weighted by Gasteiger charge is -2.36. The van der Waals surface area contributed by atoms with Crippen molar-refractivity contribution in [2.24, 2.45) is 17.3 Å². The van der Waals surface area contributed by atoms with Gasteiger partial charge in [-0.2, -0.15) is 0 Å². The monoisotopic (exact) mass is 296 g/mol. The van der Waals surface area contributed by atoms with Crippen molar-refractivity contribution in [3.8, 4) is 0 Å². The smallest absolute Gasteiger partial charge is 0.315 e. The lowest BCUT2D eigenvalue weighted by Crippen LogP contribution is -2.50. The van der Waals surface area contributed by atoms with Crippen LogP contribution in [0.4, 0.5) is 4.79 Å². The largest absolute Gasteiger partial charge is 0.481 e. The van der Waals surface area contributed by atoms with E-state index in [0.717, 1.165) is 12.8 Å². The number of hydrogen-bond donors (Lipinski definition) is 3. The van der Waals surface area contributed by atoms with E-state index in [2.05, 4.69) is 17.6 Å². The number of carbonyl (C=O) groups excluding carboxylic acids is 1. The molecule has 5 heteroatoms. The highest BCUT2D eigenvalue weighted by atomic mass is 16.4. The van der Waals surface area contributed by atoms with Gasteiger partial charge < -0.3 is 15.7 Å². The highest BCUT2D eigenvalue weighted by Crippen LogP contribution is 2.38. The number of carbonyl (C=O) groups is 2. The normalized spacial score (nSPS) is 31.0. The molecule has 0 heterocycles. The molecule has 1 unspecified atom stereocenters. The molecule has 2 aliphatic rings. The van der Waals surface area contributed by atoms with E-state index in [9.17, 15) is 14.7 Å². The number of aliphatic carboxylic acids is 1. The molecule has 2 fully saturated rings. The molecule has 0 aromatic carbocycles. The van der Waals surface area contributed by atoms with Crippen molar-refractivity contribution < 1.29 is 14.7 Å². The first-order chi connectivity index (χ1) is 9.93. The van der Waals surface area contributed by atoms with Gasteiger partial charge in [0, 0.05) is 12.6 Å². The Kier molecular flexibility index (Phi) is 5.12. The Bertz CT molecular complexity index is 385. The van der Waals surface area contributed by atoms with E-state index < -0.39 is 11.4 Å². The average Bonchev–Trinajstić information content (AvgIpc) is 2.36. The molecule has 2 aliphatic carbocycles. The molecular weight excluding hydrogens is 268 g/mol. The molecule has 0 radical (unpaired) electrons. The topological polar surface area (TPSA) is 78.4 Å². The summed E-state index contributed by atoms with van der Waals surface area (Å²) in [4.78, 5) is 23.6. The summed E-state index contributed by atoms with van der Waals surface area (Å²) in [5.74, 6) is 0.395. The zero-order valence-electron chi connectivity index (χ0n) is 13.2. The van der Waals surface area contributed by atoms with Gasteiger partial charge in [-0.25, -0.2) is 4.79 Å². The van der Waals surface area contributed by atoms with Crippen molar-refractivity contribution in [1.82, 2.24) is 10.6 Å². The van der Waals surface area contributed by atoms with Gasteiger partial charge in [0.25, 0.3) is 0 Å². The number of rotatable bonds is 5. The van der Waals surface area contributed by atoms with Crippen LogP contribution in [0.25, 0.3) is 0 Å². The van der Waals surface area contributed by atoms with Crippen molar-refractivity contribution in [3.05, 3.63) is 0 Å². The van der Waals surface area contributed by atoms with Crippen LogP contribution in [0.3, 0.4) is 0 Å². The van der Waals surface area contributed by atoms with Crippen molar-refractivity contribution in [2.45, 2.75) is 64.8 Å². The predicted molar refractivity (Wildman–Crippen MR) is 81.0 cm³/mol. The van der Waals surface area contributed by atoms with E-state index in [1.807, 2.05) is 6.92 Å². The summed E-state index contributed by atoms with van der Waals surface area (Å²) in [6, 6.07) is -0.0560. The zero-order chi connectivity index (χ0) is 15.5. The van der Waals surface area contributed by atoms with Crippen LogP contribution in [0.5, 0.6) is 0 Å². The minimum Gasteiger partial charge on any atom is -0.481 e. The molecular formula is C16H28N2O3. The van der Waals surface area contributed by atoms with Crippen LogP contribution < -0.4 is 10.6 Å². The van der Waals surface area contributed by atoms with Crippen LogP contribution in [-0.4, -0.2) is 29.7 Å². The Balaban J connectivity index is 1.81. The van der Waals surface area contributed by atoms with Crippen LogP contribution in [0.15, 0.2) is 0 Å². The summed E-state index contributed by atoms with van der Waals surface area (Å²) in [6.07, 6.45) is 6.77. The van der Waals surface area contributed by atoms with E-state index in [0.29, 0.717) is 24.7 Å². The first kappa shape index (κ1) is 16.1. The van der Waals surface area contributed by atoms with Crippen LogP contribution in [0, 0.1) is 17.3 Å². The highest BCUT2D eigenvalue weighted by Gasteiger charge is 2.41. The molecule has 120 valence electrons. The van der Waals surface area contributed by atoms with Gasteiger partial charge in [-0.1, -0.05) is 13.3 Å². The number of nitrogens with one attached hydrogen (secondary N) is 2. The van der Waals surface area contributed by atoms with Crippen molar-refractivity contribution >= 4 is 12.0 Å². The Labute approximate surface area is 126 Å². The highest BCUT2D eigenvalue weighted by molar-refractivity contribution is 5.78. The van der Waals surface area contributed by atoms with Gasteiger partial charge in [0.15, 0.2) is 0 Å². The summed E-state index contributed by atoms with van der Waals surface area (Å²) in [5, 5.41) is 15.3.